The summed E-state index contributed by atoms with van der Waals surface area (Å²) >= 11 is 0. The van der Waals surface area contributed by atoms with Crippen molar-refractivity contribution in [2.45, 2.75) is 78.5 Å². The van der Waals surface area contributed by atoms with Crippen molar-refractivity contribution in [2.24, 2.45) is 17.3 Å². The summed E-state index contributed by atoms with van der Waals surface area (Å²) in [5.74, 6) is -2.93. The molecule has 1 aliphatic carbocycles. The summed E-state index contributed by atoms with van der Waals surface area (Å²) in [6, 6.07) is -0.656. The topological polar surface area (TPSA) is 128 Å². The first-order valence-electron chi connectivity index (χ1n) is 9.20. The van der Waals surface area contributed by atoms with E-state index in [2.05, 4.69) is 10.6 Å². The van der Waals surface area contributed by atoms with Gasteiger partial charge in [-0.1, -0.05) is 34.6 Å². The number of hydrogen-bond donors (Lipinski definition) is 5. The largest absolute Gasteiger partial charge is 0.382 e. The molecule has 5 N–H and O–H groups in total. The number of rotatable bonds is 8. The lowest BCUT2D eigenvalue weighted by atomic mass is 9.83. The Morgan fingerprint density at radius 2 is 1.65 bits per heavy atom. The van der Waals surface area contributed by atoms with Crippen molar-refractivity contribution in [3.05, 3.63) is 0 Å². The van der Waals surface area contributed by atoms with Crippen LogP contribution in [0.1, 0.15) is 60.3 Å². The van der Waals surface area contributed by atoms with Crippen molar-refractivity contribution in [1.82, 2.24) is 16.1 Å². The van der Waals surface area contributed by atoms with E-state index in [0.717, 1.165) is 19.3 Å². The second kappa shape index (κ2) is 9.32. The Hall–Kier alpha value is -1.67. The molecule has 0 aromatic heterocycles. The summed E-state index contributed by atoms with van der Waals surface area (Å²) in [7, 11) is 0. The average Bonchev–Trinajstić information content (AvgIpc) is 2.50. The Labute approximate surface area is 155 Å². The van der Waals surface area contributed by atoms with Gasteiger partial charge in [-0.3, -0.25) is 19.6 Å². The summed E-state index contributed by atoms with van der Waals surface area (Å²) in [6.07, 6.45) is 1.49. The first kappa shape index (κ1) is 22.4. The van der Waals surface area contributed by atoms with Gasteiger partial charge in [0.25, 0.3) is 5.91 Å². The standard InChI is InChI=1S/C18H33N3O5/c1-10(2)9-12(13(22)16(24)21-26)15(23)20-14(18(3,4)5)17(25)19-11-7-6-8-11/h10-14,22,26H,6-9H2,1-5H3,(H,19,25)(H,20,23)(H,21,24)/t12-,13+,14-/m1/s1. The third-order valence-electron chi connectivity index (χ3n) is 4.69. The van der Waals surface area contributed by atoms with Crippen molar-refractivity contribution in [1.29, 1.82) is 0 Å². The minimum atomic E-state index is -1.70. The zero-order valence-electron chi connectivity index (χ0n) is 16.3. The molecule has 0 aromatic rings. The minimum Gasteiger partial charge on any atom is -0.382 e. The van der Waals surface area contributed by atoms with E-state index >= 15 is 0 Å². The number of nitrogens with one attached hydrogen (secondary N) is 3. The van der Waals surface area contributed by atoms with Crippen molar-refractivity contribution in [2.75, 3.05) is 0 Å². The highest BCUT2D eigenvalue weighted by atomic mass is 16.5. The van der Waals surface area contributed by atoms with Gasteiger partial charge in [0.1, 0.15) is 12.1 Å². The summed E-state index contributed by atoms with van der Waals surface area (Å²) in [6.45, 7) is 9.23. The van der Waals surface area contributed by atoms with E-state index in [9.17, 15) is 19.5 Å². The van der Waals surface area contributed by atoms with Gasteiger partial charge in [0.2, 0.25) is 11.8 Å². The Balaban J connectivity index is 2.91. The molecular weight excluding hydrogens is 338 g/mol. The molecule has 1 rings (SSSR count). The quantitative estimate of drug-likeness (QED) is 0.317. The number of hydroxylamine groups is 1. The summed E-state index contributed by atoms with van der Waals surface area (Å²) < 4.78 is 0. The first-order valence-corrected chi connectivity index (χ1v) is 9.20. The minimum absolute atomic E-state index is 0.0313. The molecule has 3 amide bonds. The van der Waals surface area contributed by atoms with Crippen LogP contribution in [-0.4, -0.2) is 46.2 Å². The third kappa shape index (κ3) is 6.25. The molecule has 0 aromatic carbocycles. The molecular formula is C18H33N3O5. The zero-order valence-corrected chi connectivity index (χ0v) is 16.3. The number of aliphatic hydroxyl groups excluding tert-OH is 1. The molecule has 1 saturated carbocycles. The number of carbonyl (C=O) groups is 3. The molecule has 0 saturated heterocycles. The lowest BCUT2D eigenvalue weighted by Gasteiger charge is -2.35. The number of hydrogen-bond acceptors (Lipinski definition) is 5. The fourth-order valence-corrected chi connectivity index (χ4v) is 2.90. The van der Waals surface area contributed by atoms with E-state index in [1.165, 1.54) is 5.48 Å². The van der Waals surface area contributed by atoms with Crippen molar-refractivity contribution in [3.8, 4) is 0 Å². The third-order valence-corrected chi connectivity index (χ3v) is 4.69. The summed E-state index contributed by atoms with van der Waals surface area (Å²) in [4.78, 5) is 37.0. The van der Waals surface area contributed by atoms with Crippen molar-refractivity contribution >= 4 is 17.7 Å². The highest BCUT2D eigenvalue weighted by Crippen LogP contribution is 2.24. The normalized spacial score (nSPS) is 18.5. The average molecular weight is 371 g/mol. The summed E-state index contributed by atoms with van der Waals surface area (Å²) in [5, 5.41) is 24.5. The highest BCUT2D eigenvalue weighted by molar-refractivity contribution is 5.92. The number of amides is 3. The molecule has 0 heterocycles. The molecule has 26 heavy (non-hydrogen) atoms. The van der Waals surface area contributed by atoms with Gasteiger partial charge in [-0.2, -0.15) is 0 Å². The fraction of sp³-hybridized carbons (Fsp3) is 0.833. The maximum absolute atomic E-state index is 12.8. The maximum Gasteiger partial charge on any atom is 0.272 e. The van der Waals surface area contributed by atoms with Crippen LogP contribution in [0, 0.1) is 17.3 Å². The Bertz CT molecular complexity index is 511. The molecule has 0 aliphatic heterocycles. The van der Waals surface area contributed by atoms with Crippen LogP contribution in [0.5, 0.6) is 0 Å². The van der Waals surface area contributed by atoms with E-state index < -0.39 is 35.3 Å². The van der Waals surface area contributed by atoms with E-state index in [1.54, 1.807) is 0 Å². The van der Waals surface area contributed by atoms with Gasteiger partial charge in [0.15, 0.2) is 0 Å². The molecule has 1 aliphatic rings. The molecule has 0 bridgehead atoms. The number of carbonyl (C=O) groups excluding carboxylic acids is 3. The van der Waals surface area contributed by atoms with Gasteiger partial charge in [-0.25, -0.2) is 5.48 Å². The zero-order chi connectivity index (χ0) is 20.1. The molecule has 1 fully saturated rings. The molecule has 0 unspecified atom stereocenters. The lowest BCUT2D eigenvalue weighted by molar-refractivity contribution is -0.147. The smallest absolute Gasteiger partial charge is 0.272 e. The van der Waals surface area contributed by atoms with Crippen LogP contribution >= 0.6 is 0 Å². The fourth-order valence-electron chi connectivity index (χ4n) is 2.90. The van der Waals surface area contributed by atoms with Gasteiger partial charge in [-0.05, 0) is 37.0 Å². The van der Waals surface area contributed by atoms with Crippen LogP contribution in [-0.2, 0) is 14.4 Å². The van der Waals surface area contributed by atoms with Crippen molar-refractivity contribution < 1.29 is 24.7 Å². The second-order valence-electron chi connectivity index (χ2n) is 8.60. The Kier molecular flexibility index (Phi) is 8.02. The first-order chi connectivity index (χ1) is 12.0. The maximum atomic E-state index is 12.8. The van der Waals surface area contributed by atoms with Crippen LogP contribution in [0.15, 0.2) is 0 Å². The van der Waals surface area contributed by atoms with Crippen molar-refractivity contribution in [3.63, 3.8) is 0 Å². The predicted octanol–water partition coefficient (Wildman–Crippen LogP) is 0.715. The van der Waals surface area contributed by atoms with Gasteiger partial charge < -0.3 is 15.7 Å². The van der Waals surface area contributed by atoms with E-state index in [4.69, 9.17) is 5.21 Å². The SMILES string of the molecule is CC(C)C[C@@H](C(=O)N[C@H](C(=O)NC1CCC1)C(C)(C)C)[C@H](O)C(=O)NO. The number of aliphatic hydroxyl groups is 1. The van der Waals surface area contributed by atoms with Crippen LogP contribution in [0.25, 0.3) is 0 Å². The molecule has 8 nitrogen and oxygen atoms in total. The monoisotopic (exact) mass is 371 g/mol. The lowest BCUT2D eigenvalue weighted by Crippen LogP contribution is -2.58. The van der Waals surface area contributed by atoms with E-state index in [0.29, 0.717) is 0 Å². The van der Waals surface area contributed by atoms with Gasteiger partial charge >= 0.3 is 0 Å². The van der Waals surface area contributed by atoms with Crippen LogP contribution in [0.2, 0.25) is 0 Å². The molecule has 0 spiro atoms. The second-order valence-corrected chi connectivity index (χ2v) is 8.60. The van der Waals surface area contributed by atoms with Crippen LogP contribution in [0.4, 0.5) is 0 Å². The van der Waals surface area contributed by atoms with E-state index in [1.807, 2.05) is 34.6 Å². The molecule has 150 valence electrons. The molecule has 8 heteroatoms. The van der Waals surface area contributed by atoms with E-state index in [-0.39, 0.29) is 24.3 Å². The Morgan fingerprint density at radius 1 is 1.08 bits per heavy atom. The van der Waals surface area contributed by atoms with Crippen LogP contribution in [0.3, 0.4) is 0 Å². The van der Waals surface area contributed by atoms with Crippen LogP contribution < -0.4 is 16.1 Å². The van der Waals surface area contributed by atoms with Gasteiger partial charge in [0.05, 0.1) is 5.92 Å². The molecule has 3 atom stereocenters. The van der Waals surface area contributed by atoms with Gasteiger partial charge in [-0.15, -0.1) is 0 Å². The Morgan fingerprint density at radius 3 is 2.04 bits per heavy atom. The molecule has 0 radical (unpaired) electrons. The summed E-state index contributed by atoms with van der Waals surface area (Å²) in [5.41, 5.74) is 0.827. The predicted molar refractivity (Wildman–Crippen MR) is 96.0 cm³/mol. The highest BCUT2D eigenvalue weighted by Gasteiger charge is 2.39. The van der Waals surface area contributed by atoms with Gasteiger partial charge in [0, 0.05) is 6.04 Å².